The molecule has 1 heterocycles. The Bertz CT molecular complexity index is 779. The van der Waals surface area contributed by atoms with E-state index in [4.69, 9.17) is 4.74 Å². The van der Waals surface area contributed by atoms with Crippen LogP contribution in [-0.4, -0.2) is 47.9 Å². The van der Waals surface area contributed by atoms with Crippen LogP contribution in [0.5, 0.6) is 5.75 Å². The van der Waals surface area contributed by atoms with Crippen LogP contribution in [0.25, 0.3) is 0 Å². The standard InChI is InChI=1S/C18H24N4O6/c1-10(2)15-18(25)20-11(3)16(23)19-7-4-8-28-14-6-5-12(22(26)27)9-13(14)17(24)21-15/h5-6,9-11,15H,4,7-8H2,1-3H3,(H,19,23)(H,20,25)(H,21,24)/t11-,15-/m0/s1. The van der Waals surface area contributed by atoms with E-state index in [1.54, 1.807) is 20.8 Å². The highest BCUT2D eigenvalue weighted by molar-refractivity contribution is 6.00. The molecule has 1 aliphatic heterocycles. The third kappa shape index (κ3) is 5.18. The van der Waals surface area contributed by atoms with Crippen molar-refractivity contribution < 1.29 is 24.0 Å². The number of hydrogen-bond acceptors (Lipinski definition) is 6. The van der Waals surface area contributed by atoms with E-state index in [-0.39, 0.29) is 35.4 Å². The number of nitro groups is 1. The third-order valence-electron chi connectivity index (χ3n) is 4.28. The lowest BCUT2D eigenvalue weighted by Crippen LogP contribution is -2.54. The van der Waals surface area contributed by atoms with Gasteiger partial charge in [0.15, 0.2) is 0 Å². The van der Waals surface area contributed by atoms with Gasteiger partial charge in [-0.2, -0.15) is 0 Å². The van der Waals surface area contributed by atoms with Gasteiger partial charge in [0.05, 0.1) is 17.1 Å². The van der Waals surface area contributed by atoms with Gasteiger partial charge in [-0.3, -0.25) is 24.5 Å². The van der Waals surface area contributed by atoms with Gasteiger partial charge in [-0.15, -0.1) is 0 Å². The molecule has 1 aromatic carbocycles. The number of carbonyl (C=O) groups is 3. The fraction of sp³-hybridized carbons (Fsp3) is 0.500. The third-order valence-corrected chi connectivity index (χ3v) is 4.28. The minimum atomic E-state index is -0.933. The number of benzene rings is 1. The van der Waals surface area contributed by atoms with Gasteiger partial charge in [0.2, 0.25) is 11.8 Å². The van der Waals surface area contributed by atoms with E-state index in [9.17, 15) is 24.5 Å². The Kier molecular flexibility index (Phi) is 6.91. The van der Waals surface area contributed by atoms with Gasteiger partial charge in [-0.25, -0.2) is 0 Å². The number of nitro benzene ring substituents is 1. The predicted molar refractivity (Wildman–Crippen MR) is 99.9 cm³/mol. The zero-order chi connectivity index (χ0) is 20.8. The first-order valence-corrected chi connectivity index (χ1v) is 9.01. The van der Waals surface area contributed by atoms with Gasteiger partial charge in [-0.05, 0) is 25.3 Å². The first kappa shape index (κ1) is 21.1. The molecule has 10 nitrogen and oxygen atoms in total. The van der Waals surface area contributed by atoms with Crippen molar-refractivity contribution in [2.45, 2.75) is 39.3 Å². The van der Waals surface area contributed by atoms with Gasteiger partial charge in [-0.1, -0.05) is 13.8 Å². The van der Waals surface area contributed by atoms with E-state index in [0.29, 0.717) is 13.0 Å². The summed E-state index contributed by atoms with van der Waals surface area (Å²) >= 11 is 0. The van der Waals surface area contributed by atoms with E-state index in [0.717, 1.165) is 6.07 Å². The van der Waals surface area contributed by atoms with Gasteiger partial charge >= 0.3 is 0 Å². The molecule has 3 N–H and O–H groups in total. The molecule has 0 radical (unpaired) electrons. The summed E-state index contributed by atoms with van der Waals surface area (Å²) in [5.41, 5.74) is -0.285. The molecule has 28 heavy (non-hydrogen) atoms. The Balaban J connectivity index is 2.39. The number of hydrogen-bond donors (Lipinski definition) is 3. The van der Waals surface area contributed by atoms with Crippen LogP contribution in [0, 0.1) is 16.0 Å². The molecule has 2 rings (SSSR count). The SMILES string of the molecule is CC(C)[C@@H]1NC(=O)c2cc([N+](=O)[O-])ccc2OCCCNC(=O)[C@H](C)NC1=O. The molecule has 1 aliphatic rings. The molecule has 0 unspecified atom stereocenters. The molecule has 0 saturated carbocycles. The van der Waals surface area contributed by atoms with Crippen molar-refractivity contribution in [2.75, 3.05) is 13.2 Å². The molecular weight excluding hydrogens is 368 g/mol. The Morgan fingerprint density at radius 2 is 1.89 bits per heavy atom. The number of rotatable bonds is 2. The molecular formula is C18H24N4O6. The van der Waals surface area contributed by atoms with Gasteiger partial charge in [0.25, 0.3) is 11.6 Å². The van der Waals surface area contributed by atoms with Crippen molar-refractivity contribution in [2.24, 2.45) is 5.92 Å². The first-order valence-electron chi connectivity index (χ1n) is 9.01. The summed E-state index contributed by atoms with van der Waals surface area (Å²) in [4.78, 5) is 47.9. The van der Waals surface area contributed by atoms with E-state index in [1.165, 1.54) is 12.1 Å². The largest absolute Gasteiger partial charge is 0.493 e. The maximum Gasteiger partial charge on any atom is 0.270 e. The van der Waals surface area contributed by atoms with Crippen LogP contribution >= 0.6 is 0 Å². The van der Waals surface area contributed by atoms with Crippen molar-refractivity contribution >= 4 is 23.4 Å². The second-order valence-corrected chi connectivity index (χ2v) is 6.86. The number of amides is 3. The van der Waals surface area contributed by atoms with Crippen LogP contribution in [0.2, 0.25) is 0 Å². The van der Waals surface area contributed by atoms with E-state index in [1.807, 2.05) is 0 Å². The molecule has 0 spiro atoms. The normalized spacial score (nSPS) is 21.5. The Labute approximate surface area is 162 Å². The first-order chi connectivity index (χ1) is 13.2. The zero-order valence-electron chi connectivity index (χ0n) is 16.0. The second-order valence-electron chi connectivity index (χ2n) is 6.86. The van der Waals surface area contributed by atoms with E-state index in [2.05, 4.69) is 16.0 Å². The number of carbonyl (C=O) groups excluding carboxylic acids is 3. The highest BCUT2D eigenvalue weighted by Gasteiger charge is 2.29. The van der Waals surface area contributed by atoms with Crippen molar-refractivity contribution in [3.8, 4) is 5.75 Å². The molecule has 0 aromatic heterocycles. The molecule has 152 valence electrons. The Hall–Kier alpha value is -3.17. The Morgan fingerprint density at radius 3 is 2.54 bits per heavy atom. The highest BCUT2D eigenvalue weighted by Crippen LogP contribution is 2.25. The van der Waals surface area contributed by atoms with E-state index < -0.39 is 28.8 Å². The fourth-order valence-electron chi connectivity index (χ4n) is 2.68. The van der Waals surface area contributed by atoms with Crippen molar-refractivity contribution in [1.29, 1.82) is 0 Å². The van der Waals surface area contributed by atoms with E-state index >= 15 is 0 Å². The summed E-state index contributed by atoms with van der Waals surface area (Å²) in [6, 6.07) is 2.01. The van der Waals surface area contributed by atoms with Gasteiger partial charge in [0, 0.05) is 18.7 Å². The average molecular weight is 392 g/mol. The second kappa shape index (κ2) is 9.16. The minimum Gasteiger partial charge on any atom is -0.493 e. The summed E-state index contributed by atoms with van der Waals surface area (Å²) < 4.78 is 5.59. The summed E-state index contributed by atoms with van der Waals surface area (Å²) in [6.45, 7) is 5.55. The smallest absolute Gasteiger partial charge is 0.270 e. The summed E-state index contributed by atoms with van der Waals surface area (Å²) in [6.07, 6.45) is 0.457. The lowest BCUT2D eigenvalue weighted by atomic mass is 10.0. The van der Waals surface area contributed by atoms with Crippen LogP contribution in [0.15, 0.2) is 18.2 Å². The quantitative estimate of drug-likeness (QED) is 0.501. The molecule has 0 fully saturated rings. The maximum atomic E-state index is 12.8. The van der Waals surface area contributed by atoms with Crippen LogP contribution < -0.4 is 20.7 Å². The van der Waals surface area contributed by atoms with Gasteiger partial charge in [0.1, 0.15) is 17.8 Å². The topological polar surface area (TPSA) is 140 Å². The lowest BCUT2D eigenvalue weighted by molar-refractivity contribution is -0.384. The predicted octanol–water partition coefficient (Wildman–Crippen LogP) is 0.753. The summed E-state index contributed by atoms with van der Waals surface area (Å²) in [5, 5.41) is 18.9. The van der Waals surface area contributed by atoms with Crippen LogP contribution in [0.3, 0.4) is 0 Å². The number of ether oxygens (including phenoxy) is 1. The summed E-state index contributed by atoms with van der Waals surface area (Å²) in [7, 11) is 0. The highest BCUT2D eigenvalue weighted by atomic mass is 16.6. The molecule has 2 atom stereocenters. The van der Waals surface area contributed by atoms with Gasteiger partial charge < -0.3 is 20.7 Å². The molecule has 10 heteroatoms. The number of nitrogens with one attached hydrogen (secondary N) is 3. The van der Waals surface area contributed by atoms with Crippen LogP contribution in [0.1, 0.15) is 37.6 Å². The average Bonchev–Trinajstić information content (AvgIpc) is 2.64. The molecule has 3 amide bonds. The van der Waals surface area contributed by atoms with Crippen molar-refractivity contribution in [3.63, 3.8) is 0 Å². The molecule has 0 bridgehead atoms. The Morgan fingerprint density at radius 1 is 1.18 bits per heavy atom. The number of nitrogens with zero attached hydrogens (tertiary/aromatic N) is 1. The maximum absolute atomic E-state index is 12.8. The van der Waals surface area contributed by atoms with Crippen molar-refractivity contribution in [3.05, 3.63) is 33.9 Å². The number of non-ortho nitro benzene ring substituents is 1. The molecule has 1 aromatic rings. The van der Waals surface area contributed by atoms with Crippen LogP contribution in [-0.2, 0) is 9.59 Å². The fourth-order valence-corrected chi connectivity index (χ4v) is 2.68. The monoisotopic (exact) mass is 392 g/mol. The summed E-state index contributed by atoms with van der Waals surface area (Å²) in [5.74, 6) is -1.63. The lowest BCUT2D eigenvalue weighted by Gasteiger charge is -2.24. The minimum absolute atomic E-state index is 0.0261. The van der Waals surface area contributed by atoms with Crippen molar-refractivity contribution in [1.82, 2.24) is 16.0 Å². The number of fused-ring (bicyclic) bond motifs is 1. The molecule has 0 aliphatic carbocycles. The van der Waals surface area contributed by atoms with Crippen LogP contribution in [0.4, 0.5) is 5.69 Å². The zero-order valence-corrected chi connectivity index (χ0v) is 16.0. The molecule has 0 saturated heterocycles.